The summed E-state index contributed by atoms with van der Waals surface area (Å²) in [7, 11) is -3.76. The van der Waals surface area contributed by atoms with Gasteiger partial charge in [-0.1, -0.05) is 48.0 Å². The molecule has 33 heavy (non-hydrogen) atoms. The molecule has 0 saturated heterocycles. The van der Waals surface area contributed by atoms with Crippen molar-refractivity contribution in [2.45, 2.75) is 38.5 Å². The number of hydrogen-bond donors (Lipinski definition) is 2. The fourth-order valence-corrected chi connectivity index (χ4v) is 4.91. The maximum atomic E-state index is 12.8. The first kappa shape index (κ1) is 24.8. The third-order valence-electron chi connectivity index (χ3n) is 5.12. The number of amides is 1. The summed E-state index contributed by atoms with van der Waals surface area (Å²) in [5, 5.41) is 2.73. The molecule has 0 aliphatic carbocycles. The lowest BCUT2D eigenvalue weighted by Crippen LogP contribution is -2.20. The summed E-state index contributed by atoms with van der Waals surface area (Å²) < 4.78 is 34.9. The highest BCUT2D eigenvalue weighted by Crippen LogP contribution is 2.29. The molecule has 0 spiro atoms. The lowest BCUT2D eigenvalue weighted by molar-refractivity contribution is -0.118. The number of benzene rings is 3. The van der Waals surface area contributed by atoms with Gasteiger partial charge in [-0.15, -0.1) is 0 Å². The van der Waals surface area contributed by atoms with Crippen LogP contribution in [-0.4, -0.2) is 20.9 Å². The topological polar surface area (TPSA) is 84.5 Å². The number of ether oxygens (including phenoxy) is 1. The van der Waals surface area contributed by atoms with E-state index < -0.39 is 10.0 Å². The van der Waals surface area contributed by atoms with Gasteiger partial charge in [-0.2, -0.15) is 0 Å². The Balaban J connectivity index is 1.64. The fraction of sp³-hybridized carbons (Fsp3) is 0.240. The monoisotopic (exact) mass is 530 g/mol. The van der Waals surface area contributed by atoms with Crippen LogP contribution in [0.2, 0.25) is 0 Å². The van der Waals surface area contributed by atoms with Gasteiger partial charge in [-0.25, -0.2) is 8.42 Å². The minimum absolute atomic E-state index is 0.107. The summed E-state index contributed by atoms with van der Waals surface area (Å²) in [6.07, 6.45) is 0. The summed E-state index contributed by atoms with van der Waals surface area (Å²) in [5.74, 6) is 0.561. The molecule has 0 fully saturated rings. The van der Waals surface area contributed by atoms with E-state index in [0.29, 0.717) is 17.1 Å². The Hall–Kier alpha value is -2.84. The first-order valence-corrected chi connectivity index (χ1v) is 12.8. The number of rotatable bonds is 8. The van der Waals surface area contributed by atoms with Crippen LogP contribution < -0.4 is 14.8 Å². The van der Waals surface area contributed by atoms with Crippen LogP contribution in [0.25, 0.3) is 0 Å². The van der Waals surface area contributed by atoms with Gasteiger partial charge in [0, 0.05) is 10.2 Å². The summed E-state index contributed by atoms with van der Waals surface area (Å²) in [5.41, 5.74) is 3.74. The lowest BCUT2D eigenvalue weighted by Gasteiger charge is -2.15. The molecule has 8 heteroatoms. The molecule has 1 amide bonds. The van der Waals surface area contributed by atoms with E-state index in [0.717, 1.165) is 21.2 Å². The predicted molar refractivity (Wildman–Crippen MR) is 136 cm³/mol. The fourth-order valence-electron chi connectivity index (χ4n) is 3.33. The second-order valence-electron chi connectivity index (χ2n) is 8.07. The van der Waals surface area contributed by atoms with Gasteiger partial charge in [0.05, 0.1) is 10.6 Å². The SMILES string of the molecule is Cc1cccc(C)c1NS(=O)(=O)c1ccc(NC(=O)COc2ccc(Br)cc2C(C)C)cc1. The quantitative estimate of drug-likeness (QED) is 0.373. The number of anilines is 2. The van der Waals surface area contributed by atoms with Crippen molar-refractivity contribution in [1.29, 1.82) is 0 Å². The standard InChI is InChI=1S/C25H27BrN2O4S/c1-16(2)22-14-19(26)8-13-23(22)32-15-24(29)27-20-9-11-21(12-10-20)33(30,31)28-25-17(3)6-5-7-18(25)4/h5-14,16,28H,15H2,1-4H3,(H,27,29). The van der Waals surface area contributed by atoms with Gasteiger partial charge in [0.1, 0.15) is 5.75 Å². The molecule has 174 valence electrons. The molecule has 0 aliphatic heterocycles. The molecule has 3 aromatic carbocycles. The molecule has 6 nitrogen and oxygen atoms in total. The number of carbonyl (C=O) groups is 1. The van der Waals surface area contributed by atoms with Gasteiger partial charge in [-0.3, -0.25) is 9.52 Å². The molecular weight excluding hydrogens is 504 g/mol. The van der Waals surface area contributed by atoms with Gasteiger partial charge in [-0.05, 0) is 78.9 Å². The molecule has 3 rings (SSSR count). The summed E-state index contributed by atoms with van der Waals surface area (Å²) in [6, 6.07) is 17.3. The number of halogens is 1. The van der Waals surface area contributed by atoms with Gasteiger partial charge < -0.3 is 10.1 Å². The molecule has 0 bridgehead atoms. The molecule has 0 aliphatic rings. The average Bonchev–Trinajstić information content (AvgIpc) is 2.76. The molecule has 0 heterocycles. The van der Waals surface area contributed by atoms with Crippen molar-refractivity contribution >= 4 is 43.2 Å². The zero-order valence-corrected chi connectivity index (χ0v) is 21.4. The van der Waals surface area contributed by atoms with E-state index in [-0.39, 0.29) is 23.3 Å². The van der Waals surface area contributed by atoms with Crippen LogP contribution >= 0.6 is 15.9 Å². The minimum atomic E-state index is -3.76. The number of hydrogen-bond acceptors (Lipinski definition) is 4. The van der Waals surface area contributed by atoms with Crippen molar-refractivity contribution in [2.75, 3.05) is 16.6 Å². The maximum Gasteiger partial charge on any atom is 0.262 e. The largest absolute Gasteiger partial charge is 0.483 e. The van der Waals surface area contributed by atoms with Crippen LogP contribution in [0.3, 0.4) is 0 Å². The van der Waals surface area contributed by atoms with E-state index in [1.807, 2.05) is 50.2 Å². The number of aryl methyl sites for hydroxylation is 2. The Morgan fingerprint density at radius 1 is 1.00 bits per heavy atom. The van der Waals surface area contributed by atoms with E-state index in [4.69, 9.17) is 4.74 Å². The molecule has 0 radical (unpaired) electrons. The van der Waals surface area contributed by atoms with Gasteiger partial charge >= 0.3 is 0 Å². The summed E-state index contributed by atoms with van der Waals surface area (Å²) in [4.78, 5) is 12.5. The van der Waals surface area contributed by atoms with Crippen molar-refractivity contribution in [3.05, 3.63) is 81.8 Å². The van der Waals surface area contributed by atoms with Gasteiger partial charge in [0.25, 0.3) is 15.9 Å². The van der Waals surface area contributed by atoms with E-state index in [1.54, 1.807) is 12.1 Å². The van der Waals surface area contributed by atoms with Gasteiger partial charge in [0.2, 0.25) is 0 Å². The van der Waals surface area contributed by atoms with Crippen molar-refractivity contribution < 1.29 is 17.9 Å². The van der Waals surface area contributed by atoms with E-state index in [2.05, 4.69) is 39.8 Å². The first-order chi connectivity index (χ1) is 15.6. The van der Waals surface area contributed by atoms with E-state index in [1.165, 1.54) is 12.1 Å². The predicted octanol–water partition coefficient (Wildman–Crippen LogP) is 6.01. The summed E-state index contributed by atoms with van der Waals surface area (Å²) >= 11 is 3.45. The third kappa shape index (κ3) is 6.36. The number of sulfonamides is 1. The Morgan fingerprint density at radius 3 is 2.24 bits per heavy atom. The lowest BCUT2D eigenvalue weighted by atomic mass is 10.0. The van der Waals surface area contributed by atoms with Crippen LogP contribution in [0, 0.1) is 13.8 Å². The number of para-hydroxylation sites is 1. The van der Waals surface area contributed by atoms with Crippen molar-refractivity contribution in [2.24, 2.45) is 0 Å². The van der Waals surface area contributed by atoms with E-state index >= 15 is 0 Å². The second-order valence-corrected chi connectivity index (χ2v) is 10.7. The van der Waals surface area contributed by atoms with Crippen molar-refractivity contribution in [3.63, 3.8) is 0 Å². The summed E-state index contributed by atoms with van der Waals surface area (Å²) in [6.45, 7) is 7.66. The molecular formula is C25H27BrN2O4S. The Morgan fingerprint density at radius 2 is 1.64 bits per heavy atom. The van der Waals surface area contributed by atoms with Gasteiger partial charge in [0.15, 0.2) is 6.61 Å². The highest BCUT2D eigenvalue weighted by Gasteiger charge is 2.17. The smallest absolute Gasteiger partial charge is 0.262 e. The highest BCUT2D eigenvalue weighted by atomic mass is 79.9. The molecule has 0 saturated carbocycles. The van der Waals surface area contributed by atoms with E-state index in [9.17, 15) is 13.2 Å². The molecule has 2 N–H and O–H groups in total. The highest BCUT2D eigenvalue weighted by molar-refractivity contribution is 9.10. The second kappa shape index (κ2) is 10.4. The number of nitrogens with one attached hydrogen (secondary N) is 2. The van der Waals surface area contributed by atoms with Crippen LogP contribution in [0.1, 0.15) is 36.5 Å². The van der Waals surface area contributed by atoms with Crippen LogP contribution in [0.5, 0.6) is 5.75 Å². The zero-order chi connectivity index (χ0) is 24.2. The van der Waals surface area contributed by atoms with Crippen molar-refractivity contribution in [3.8, 4) is 5.75 Å². The molecule has 0 atom stereocenters. The normalized spacial score (nSPS) is 11.3. The molecule has 0 aromatic heterocycles. The third-order valence-corrected chi connectivity index (χ3v) is 6.98. The minimum Gasteiger partial charge on any atom is -0.483 e. The van der Waals surface area contributed by atoms with Crippen LogP contribution in [0.15, 0.2) is 70.0 Å². The Labute approximate surface area is 203 Å². The number of carbonyl (C=O) groups excluding carboxylic acids is 1. The van der Waals surface area contributed by atoms with Crippen LogP contribution in [-0.2, 0) is 14.8 Å². The Bertz CT molecular complexity index is 1240. The average molecular weight is 531 g/mol. The Kier molecular flexibility index (Phi) is 7.81. The molecule has 3 aromatic rings. The van der Waals surface area contributed by atoms with Crippen molar-refractivity contribution in [1.82, 2.24) is 0 Å². The molecule has 0 unspecified atom stereocenters. The first-order valence-electron chi connectivity index (χ1n) is 10.5. The maximum absolute atomic E-state index is 12.8. The van der Waals surface area contributed by atoms with Crippen LogP contribution in [0.4, 0.5) is 11.4 Å². The zero-order valence-electron chi connectivity index (χ0n) is 19.0.